The molecule has 0 radical (unpaired) electrons. The number of imidazole rings is 1. The molecule has 4 rings (SSSR count). The smallest absolute Gasteiger partial charge is 0.277 e. The van der Waals surface area contributed by atoms with Crippen LogP contribution in [0.2, 0.25) is 0 Å². The number of benzene rings is 1. The summed E-state index contributed by atoms with van der Waals surface area (Å²) in [5.74, 6) is 1.24. The lowest BCUT2D eigenvalue weighted by Gasteiger charge is -1.96. The number of thioether (sulfide) groups is 1. The van der Waals surface area contributed by atoms with Crippen molar-refractivity contribution in [3.8, 4) is 11.5 Å². The molecule has 1 aromatic carbocycles. The molecule has 0 saturated carbocycles. The van der Waals surface area contributed by atoms with Crippen molar-refractivity contribution in [2.24, 2.45) is 0 Å². The molecule has 120 valence electrons. The maximum absolute atomic E-state index is 5.75. The van der Waals surface area contributed by atoms with Crippen LogP contribution in [0.1, 0.15) is 16.8 Å². The Morgan fingerprint density at radius 2 is 2.04 bits per heavy atom. The molecule has 0 amide bonds. The lowest BCUT2D eigenvalue weighted by Crippen LogP contribution is -1.84. The highest BCUT2D eigenvalue weighted by Gasteiger charge is 2.11. The highest BCUT2D eigenvalue weighted by Crippen LogP contribution is 2.26. The predicted molar refractivity (Wildman–Crippen MR) is 94.0 cm³/mol. The molecule has 3 aromatic heterocycles. The number of rotatable bonds is 4. The van der Waals surface area contributed by atoms with E-state index in [-0.39, 0.29) is 0 Å². The van der Waals surface area contributed by atoms with E-state index in [9.17, 15) is 0 Å². The van der Waals surface area contributed by atoms with Gasteiger partial charge in [0.15, 0.2) is 0 Å². The molecule has 0 saturated heterocycles. The summed E-state index contributed by atoms with van der Waals surface area (Å²) < 4.78 is 7.79. The summed E-state index contributed by atoms with van der Waals surface area (Å²) in [4.78, 5) is 4.66. The molecule has 0 atom stereocenters. The Balaban J connectivity index is 1.50. The SMILES string of the molecule is Cc1cccc(-c2nnc(SCc3cn4cccc(C)c4n3)o2)c1. The number of fused-ring (bicyclic) bond motifs is 1. The van der Waals surface area contributed by atoms with Crippen molar-refractivity contribution in [1.82, 2.24) is 19.6 Å². The van der Waals surface area contributed by atoms with E-state index in [0.29, 0.717) is 16.9 Å². The zero-order chi connectivity index (χ0) is 16.5. The van der Waals surface area contributed by atoms with Crippen molar-refractivity contribution in [2.45, 2.75) is 24.8 Å². The summed E-state index contributed by atoms with van der Waals surface area (Å²) in [7, 11) is 0. The van der Waals surface area contributed by atoms with Crippen molar-refractivity contribution in [2.75, 3.05) is 0 Å². The number of aromatic nitrogens is 4. The Morgan fingerprint density at radius 3 is 2.88 bits per heavy atom. The van der Waals surface area contributed by atoms with Crippen molar-refractivity contribution < 1.29 is 4.42 Å². The zero-order valence-electron chi connectivity index (χ0n) is 13.4. The summed E-state index contributed by atoms with van der Waals surface area (Å²) in [5.41, 5.74) is 5.25. The Bertz CT molecular complexity index is 1010. The summed E-state index contributed by atoms with van der Waals surface area (Å²) >= 11 is 1.50. The van der Waals surface area contributed by atoms with Gasteiger partial charge in [-0.1, -0.05) is 35.5 Å². The molecule has 0 unspecified atom stereocenters. The first-order valence-electron chi connectivity index (χ1n) is 7.65. The number of pyridine rings is 1. The van der Waals surface area contributed by atoms with Gasteiger partial charge < -0.3 is 8.82 Å². The molecule has 6 heteroatoms. The Hall–Kier alpha value is -2.60. The van der Waals surface area contributed by atoms with Gasteiger partial charge in [0, 0.05) is 23.7 Å². The van der Waals surface area contributed by atoms with Crippen LogP contribution in [0.25, 0.3) is 17.1 Å². The van der Waals surface area contributed by atoms with Crippen LogP contribution in [0.3, 0.4) is 0 Å². The van der Waals surface area contributed by atoms with E-state index in [0.717, 1.165) is 22.5 Å². The first-order chi connectivity index (χ1) is 11.7. The number of hydrogen-bond donors (Lipinski definition) is 0. The molecule has 4 aromatic rings. The van der Waals surface area contributed by atoms with Crippen LogP contribution in [-0.4, -0.2) is 19.6 Å². The van der Waals surface area contributed by atoms with E-state index in [2.05, 4.69) is 28.2 Å². The molecule has 0 aliphatic carbocycles. The molecule has 5 nitrogen and oxygen atoms in total. The fourth-order valence-electron chi connectivity index (χ4n) is 2.57. The summed E-state index contributed by atoms with van der Waals surface area (Å²) in [6.07, 6.45) is 4.04. The minimum absolute atomic E-state index is 0.548. The van der Waals surface area contributed by atoms with Crippen molar-refractivity contribution in [3.05, 3.63) is 65.6 Å². The summed E-state index contributed by atoms with van der Waals surface area (Å²) in [6, 6.07) is 12.1. The number of hydrogen-bond acceptors (Lipinski definition) is 5. The monoisotopic (exact) mass is 336 g/mol. The van der Waals surface area contributed by atoms with Crippen LogP contribution >= 0.6 is 11.8 Å². The highest BCUT2D eigenvalue weighted by molar-refractivity contribution is 7.98. The van der Waals surface area contributed by atoms with E-state index in [1.54, 1.807) is 0 Å². The van der Waals surface area contributed by atoms with Gasteiger partial charge in [0.1, 0.15) is 5.65 Å². The topological polar surface area (TPSA) is 56.2 Å². The van der Waals surface area contributed by atoms with E-state index in [1.807, 2.05) is 54.0 Å². The standard InChI is InChI=1S/C18H16N4OS/c1-12-5-3-7-14(9-12)17-20-21-18(23-17)24-11-15-10-22-8-4-6-13(2)16(22)19-15/h3-10H,11H2,1-2H3. The molecule has 24 heavy (non-hydrogen) atoms. The zero-order valence-corrected chi connectivity index (χ0v) is 14.2. The second-order valence-corrected chi connectivity index (χ2v) is 6.61. The highest BCUT2D eigenvalue weighted by atomic mass is 32.2. The van der Waals surface area contributed by atoms with Crippen LogP contribution in [0.15, 0.2) is 58.4 Å². The molecule has 0 aliphatic rings. The van der Waals surface area contributed by atoms with Gasteiger partial charge in [-0.3, -0.25) is 0 Å². The van der Waals surface area contributed by atoms with Gasteiger partial charge in [-0.2, -0.15) is 0 Å². The van der Waals surface area contributed by atoms with Crippen molar-refractivity contribution >= 4 is 17.4 Å². The van der Waals surface area contributed by atoms with E-state index in [4.69, 9.17) is 4.42 Å². The van der Waals surface area contributed by atoms with Gasteiger partial charge in [-0.25, -0.2) is 4.98 Å². The first-order valence-corrected chi connectivity index (χ1v) is 8.64. The molecule has 0 fully saturated rings. The molecular formula is C18H16N4OS. The van der Waals surface area contributed by atoms with Crippen LogP contribution < -0.4 is 0 Å². The predicted octanol–water partition coefficient (Wildman–Crippen LogP) is 4.29. The Labute approximate surface area is 143 Å². The van der Waals surface area contributed by atoms with Crippen LogP contribution in [0.4, 0.5) is 0 Å². The van der Waals surface area contributed by atoms with Gasteiger partial charge in [0.05, 0.1) is 5.69 Å². The molecule has 3 heterocycles. The fraction of sp³-hybridized carbons (Fsp3) is 0.167. The summed E-state index contributed by atoms with van der Waals surface area (Å²) in [6.45, 7) is 4.10. The first kappa shape index (κ1) is 15.0. The fourth-order valence-corrected chi connectivity index (χ4v) is 3.22. The third kappa shape index (κ3) is 2.92. The second-order valence-electron chi connectivity index (χ2n) is 5.69. The maximum atomic E-state index is 5.75. The quantitative estimate of drug-likeness (QED) is 0.520. The van der Waals surface area contributed by atoms with E-state index < -0.39 is 0 Å². The van der Waals surface area contributed by atoms with Gasteiger partial charge in [0.2, 0.25) is 5.89 Å². The van der Waals surface area contributed by atoms with Gasteiger partial charge in [-0.05, 0) is 37.6 Å². The molecule has 0 spiro atoms. The third-order valence-electron chi connectivity index (χ3n) is 3.74. The minimum atomic E-state index is 0.548. The van der Waals surface area contributed by atoms with Gasteiger partial charge >= 0.3 is 0 Å². The van der Waals surface area contributed by atoms with E-state index in [1.165, 1.54) is 17.3 Å². The van der Waals surface area contributed by atoms with Crippen LogP contribution in [0, 0.1) is 13.8 Å². The largest absolute Gasteiger partial charge is 0.411 e. The average Bonchev–Trinajstić information content (AvgIpc) is 3.20. The molecule has 0 aliphatic heterocycles. The molecule has 0 bridgehead atoms. The van der Waals surface area contributed by atoms with Crippen LogP contribution in [-0.2, 0) is 5.75 Å². The van der Waals surface area contributed by atoms with Crippen molar-refractivity contribution in [3.63, 3.8) is 0 Å². The summed E-state index contributed by atoms with van der Waals surface area (Å²) in [5, 5.41) is 8.81. The van der Waals surface area contributed by atoms with Crippen molar-refractivity contribution in [1.29, 1.82) is 0 Å². The minimum Gasteiger partial charge on any atom is -0.411 e. The van der Waals surface area contributed by atoms with Gasteiger partial charge in [0.25, 0.3) is 5.22 Å². The lowest BCUT2D eigenvalue weighted by atomic mass is 10.1. The lowest BCUT2D eigenvalue weighted by molar-refractivity contribution is 0.466. The molecule has 0 N–H and O–H groups in total. The third-order valence-corrected chi connectivity index (χ3v) is 4.59. The number of aryl methyl sites for hydroxylation is 2. The molecular weight excluding hydrogens is 320 g/mol. The van der Waals surface area contributed by atoms with Crippen LogP contribution in [0.5, 0.6) is 0 Å². The maximum Gasteiger partial charge on any atom is 0.277 e. The Kier molecular flexibility index (Phi) is 3.82. The van der Waals surface area contributed by atoms with E-state index >= 15 is 0 Å². The van der Waals surface area contributed by atoms with Gasteiger partial charge in [-0.15, -0.1) is 10.2 Å². The average molecular weight is 336 g/mol. The number of nitrogens with zero attached hydrogens (tertiary/aromatic N) is 4. The second kappa shape index (κ2) is 6.13. The normalized spacial score (nSPS) is 11.2. The Morgan fingerprint density at radius 1 is 1.12 bits per heavy atom.